The first-order valence-electron chi connectivity index (χ1n) is 9.87. The van der Waals surface area contributed by atoms with E-state index < -0.39 is 0 Å². The Hall–Kier alpha value is -1.50. The van der Waals surface area contributed by atoms with Crippen LogP contribution in [0.15, 0.2) is 18.2 Å². The number of methoxy groups -OCH3 is 1. The molecule has 0 N–H and O–H groups in total. The van der Waals surface area contributed by atoms with Crippen LogP contribution in [0.2, 0.25) is 5.02 Å². The number of ether oxygens (including phenoxy) is 1. The molecule has 1 amide bonds. The van der Waals surface area contributed by atoms with Gasteiger partial charge in [0.25, 0.3) is 0 Å². The summed E-state index contributed by atoms with van der Waals surface area (Å²) < 4.78 is 5.48. The number of amides is 1. The Bertz CT molecular complexity index is 641. The second-order valence-electron chi connectivity index (χ2n) is 7.27. The zero-order valence-electron chi connectivity index (χ0n) is 16.7. The average Bonchev–Trinajstić information content (AvgIpc) is 2.73. The monoisotopic (exact) mass is 394 g/mol. The van der Waals surface area contributed by atoms with Crippen LogP contribution in [-0.2, 0) is 4.79 Å². The molecular weight excluding hydrogens is 364 g/mol. The lowest BCUT2D eigenvalue weighted by Crippen LogP contribution is -2.57. The summed E-state index contributed by atoms with van der Waals surface area (Å²) in [5, 5.41) is 0.711. The molecular formula is C20H31ClN4O2. The highest BCUT2D eigenvalue weighted by Crippen LogP contribution is 2.32. The van der Waals surface area contributed by atoms with Crippen LogP contribution < -0.4 is 9.64 Å². The zero-order chi connectivity index (χ0) is 19.4. The molecule has 2 saturated heterocycles. The van der Waals surface area contributed by atoms with Crippen molar-refractivity contribution in [3.63, 3.8) is 0 Å². The van der Waals surface area contributed by atoms with Crippen molar-refractivity contribution in [3.05, 3.63) is 23.2 Å². The second-order valence-corrected chi connectivity index (χ2v) is 7.71. The summed E-state index contributed by atoms with van der Waals surface area (Å²) in [4.78, 5) is 21.9. The highest BCUT2D eigenvalue weighted by atomic mass is 35.5. The van der Waals surface area contributed by atoms with E-state index in [-0.39, 0.29) is 11.9 Å². The van der Waals surface area contributed by atoms with Gasteiger partial charge in [-0.2, -0.15) is 0 Å². The van der Waals surface area contributed by atoms with Crippen LogP contribution in [0.4, 0.5) is 5.69 Å². The number of likely N-dealkylation sites (N-methyl/N-ethyl adjacent to an activating group) is 1. The fourth-order valence-corrected chi connectivity index (χ4v) is 4.13. The number of hydrogen-bond acceptors (Lipinski definition) is 5. The van der Waals surface area contributed by atoms with Crippen molar-refractivity contribution >= 4 is 23.2 Å². The Morgan fingerprint density at radius 2 is 1.78 bits per heavy atom. The first-order chi connectivity index (χ1) is 13.0. The van der Waals surface area contributed by atoms with Crippen molar-refractivity contribution < 1.29 is 9.53 Å². The predicted molar refractivity (Wildman–Crippen MR) is 110 cm³/mol. The first-order valence-corrected chi connectivity index (χ1v) is 10.2. The number of benzene rings is 1. The van der Waals surface area contributed by atoms with Gasteiger partial charge < -0.3 is 19.4 Å². The van der Waals surface area contributed by atoms with Crippen molar-refractivity contribution in [2.45, 2.75) is 19.9 Å². The molecule has 0 aliphatic carbocycles. The van der Waals surface area contributed by atoms with Crippen molar-refractivity contribution in [2.75, 3.05) is 70.9 Å². The third-order valence-electron chi connectivity index (χ3n) is 5.83. The molecule has 1 aromatic rings. The Morgan fingerprint density at radius 3 is 2.37 bits per heavy atom. The molecule has 0 aromatic heterocycles. The van der Waals surface area contributed by atoms with Gasteiger partial charge in [0, 0.05) is 57.4 Å². The standard InChI is InChI=1S/C20H31ClN4O2/c1-4-22-7-9-25(10-8-22)20(26)16(2)23-11-13-24(14-12-23)18-15-17(21)5-6-19(18)27-3/h5-6,15-16H,4,7-14H2,1-3H3. The van der Waals surface area contributed by atoms with Crippen LogP contribution >= 0.6 is 11.6 Å². The number of nitrogens with zero attached hydrogens (tertiary/aromatic N) is 4. The number of carbonyl (C=O) groups excluding carboxylic acids is 1. The van der Waals surface area contributed by atoms with Gasteiger partial charge in [-0.05, 0) is 31.7 Å². The van der Waals surface area contributed by atoms with Gasteiger partial charge in [-0.15, -0.1) is 0 Å². The third-order valence-corrected chi connectivity index (χ3v) is 6.07. The van der Waals surface area contributed by atoms with Crippen LogP contribution in [-0.4, -0.2) is 92.7 Å². The van der Waals surface area contributed by atoms with Gasteiger partial charge in [-0.1, -0.05) is 18.5 Å². The van der Waals surface area contributed by atoms with E-state index in [0.29, 0.717) is 5.02 Å². The summed E-state index contributed by atoms with van der Waals surface area (Å²) in [6, 6.07) is 5.64. The molecule has 3 rings (SSSR count). The minimum atomic E-state index is -0.0680. The second kappa shape index (κ2) is 9.13. The van der Waals surface area contributed by atoms with Gasteiger partial charge in [0.2, 0.25) is 5.91 Å². The minimum absolute atomic E-state index is 0.0680. The zero-order valence-corrected chi connectivity index (χ0v) is 17.4. The van der Waals surface area contributed by atoms with E-state index >= 15 is 0 Å². The summed E-state index contributed by atoms with van der Waals surface area (Å²) in [6.07, 6.45) is 0. The minimum Gasteiger partial charge on any atom is -0.495 e. The van der Waals surface area contributed by atoms with Crippen LogP contribution in [0.25, 0.3) is 0 Å². The SMILES string of the molecule is CCN1CCN(C(=O)C(C)N2CCN(c3cc(Cl)ccc3OC)CC2)CC1. The summed E-state index contributed by atoms with van der Waals surface area (Å²) in [5.41, 5.74) is 1.03. The Balaban J connectivity index is 1.56. The topological polar surface area (TPSA) is 39.3 Å². The van der Waals surface area contributed by atoms with E-state index in [9.17, 15) is 4.79 Å². The quantitative estimate of drug-likeness (QED) is 0.764. The number of hydrogen-bond donors (Lipinski definition) is 0. The van der Waals surface area contributed by atoms with Crippen molar-refractivity contribution in [1.82, 2.24) is 14.7 Å². The van der Waals surface area contributed by atoms with Gasteiger partial charge in [-0.25, -0.2) is 0 Å². The molecule has 2 heterocycles. The van der Waals surface area contributed by atoms with Gasteiger partial charge in [-0.3, -0.25) is 9.69 Å². The molecule has 1 unspecified atom stereocenters. The van der Waals surface area contributed by atoms with Crippen LogP contribution in [0, 0.1) is 0 Å². The maximum atomic E-state index is 12.9. The van der Waals surface area contributed by atoms with Gasteiger partial charge in [0.15, 0.2) is 0 Å². The number of piperazine rings is 2. The number of carbonyl (C=O) groups is 1. The molecule has 2 aliphatic rings. The van der Waals surface area contributed by atoms with E-state index in [4.69, 9.17) is 16.3 Å². The Morgan fingerprint density at radius 1 is 1.11 bits per heavy atom. The van der Waals surface area contributed by atoms with E-state index in [0.717, 1.165) is 70.3 Å². The van der Waals surface area contributed by atoms with Gasteiger partial charge in [0.05, 0.1) is 18.8 Å². The maximum Gasteiger partial charge on any atom is 0.239 e. The molecule has 27 heavy (non-hydrogen) atoms. The third kappa shape index (κ3) is 4.68. The Kier molecular flexibility index (Phi) is 6.84. The van der Waals surface area contributed by atoms with Gasteiger partial charge >= 0.3 is 0 Å². The number of anilines is 1. The normalized spacial score (nSPS) is 20.6. The molecule has 1 atom stereocenters. The van der Waals surface area contributed by atoms with Crippen molar-refractivity contribution in [1.29, 1.82) is 0 Å². The average molecular weight is 395 g/mol. The lowest BCUT2D eigenvalue weighted by atomic mass is 10.1. The van der Waals surface area contributed by atoms with Crippen LogP contribution in [0.3, 0.4) is 0 Å². The predicted octanol–water partition coefficient (Wildman–Crippen LogP) is 2.02. The molecule has 0 spiro atoms. The summed E-state index contributed by atoms with van der Waals surface area (Å²) in [6.45, 7) is 12.4. The summed E-state index contributed by atoms with van der Waals surface area (Å²) in [7, 11) is 1.68. The molecule has 150 valence electrons. The largest absolute Gasteiger partial charge is 0.495 e. The molecule has 2 fully saturated rings. The number of halogens is 1. The molecule has 0 radical (unpaired) electrons. The smallest absolute Gasteiger partial charge is 0.239 e. The maximum absolute atomic E-state index is 12.9. The highest BCUT2D eigenvalue weighted by molar-refractivity contribution is 6.30. The van der Waals surface area contributed by atoms with Crippen LogP contribution in [0.1, 0.15) is 13.8 Å². The number of rotatable bonds is 5. The van der Waals surface area contributed by atoms with E-state index in [1.54, 1.807) is 7.11 Å². The van der Waals surface area contributed by atoms with Crippen molar-refractivity contribution in [2.24, 2.45) is 0 Å². The molecule has 6 nitrogen and oxygen atoms in total. The summed E-state index contributed by atoms with van der Waals surface area (Å²) >= 11 is 6.17. The molecule has 2 aliphatic heterocycles. The highest BCUT2D eigenvalue weighted by Gasteiger charge is 2.30. The van der Waals surface area contributed by atoms with Crippen molar-refractivity contribution in [3.8, 4) is 5.75 Å². The van der Waals surface area contributed by atoms with E-state index in [1.165, 1.54) is 0 Å². The molecule has 7 heteroatoms. The fourth-order valence-electron chi connectivity index (χ4n) is 3.97. The lowest BCUT2D eigenvalue weighted by molar-refractivity contribution is -0.138. The molecule has 0 bridgehead atoms. The van der Waals surface area contributed by atoms with E-state index in [2.05, 4.69) is 21.6 Å². The molecule has 1 aromatic carbocycles. The molecule has 0 saturated carbocycles. The van der Waals surface area contributed by atoms with E-state index in [1.807, 2.05) is 30.0 Å². The fraction of sp³-hybridized carbons (Fsp3) is 0.650. The Labute approximate surface area is 167 Å². The summed E-state index contributed by atoms with van der Waals surface area (Å²) in [5.74, 6) is 1.10. The first kappa shape index (κ1) is 20.2. The lowest BCUT2D eigenvalue weighted by Gasteiger charge is -2.41. The van der Waals surface area contributed by atoms with Crippen LogP contribution in [0.5, 0.6) is 5.75 Å². The van der Waals surface area contributed by atoms with Gasteiger partial charge in [0.1, 0.15) is 5.75 Å².